The van der Waals surface area contributed by atoms with Gasteiger partial charge in [-0.3, -0.25) is 9.59 Å². The first-order valence-corrected chi connectivity index (χ1v) is 9.45. The average Bonchev–Trinajstić information content (AvgIpc) is 3.34. The minimum atomic E-state index is -0.823. The van der Waals surface area contributed by atoms with E-state index in [1.165, 1.54) is 0 Å². The summed E-state index contributed by atoms with van der Waals surface area (Å²) in [5, 5.41) is 12.2. The number of carboxylic acids is 1. The molecule has 4 rings (SSSR count). The number of anilines is 1. The largest absolute Gasteiger partial charge is 0.481 e. The van der Waals surface area contributed by atoms with Crippen LogP contribution in [0.2, 0.25) is 0 Å². The fourth-order valence-corrected chi connectivity index (χ4v) is 4.11. The lowest BCUT2D eigenvalue weighted by Crippen LogP contribution is -2.32. The van der Waals surface area contributed by atoms with Gasteiger partial charge >= 0.3 is 5.97 Å². The van der Waals surface area contributed by atoms with Crippen LogP contribution in [0.3, 0.4) is 0 Å². The summed E-state index contributed by atoms with van der Waals surface area (Å²) in [5.41, 5.74) is 1.76. The summed E-state index contributed by atoms with van der Waals surface area (Å²) in [4.78, 5) is 28.4. The minimum absolute atomic E-state index is 0.0630. The number of rotatable bonds is 6. The zero-order valence-electron chi connectivity index (χ0n) is 14.8. The quantitative estimate of drug-likeness (QED) is 0.797. The number of hydrogen-bond donors (Lipinski definition) is 2. The van der Waals surface area contributed by atoms with Crippen molar-refractivity contribution in [3.05, 3.63) is 24.1 Å². The van der Waals surface area contributed by atoms with Crippen LogP contribution in [0.5, 0.6) is 0 Å². The van der Waals surface area contributed by atoms with Crippen LogP contribution in [0.15, 0.2) is 22.6 Å². The second kappa shape index (κ2) is 6.74. The number of oxazole rings is 1. The molecule has 0 atom stereocenters. The van der Waals surface area contributed by atoms with Crippen molar-refractivity contribution in [1.29, 1.82) is 0 Å². The highest BCUT2D eigenvalue weighted by Gasteiger charge is 2.36. The van der Waals surface area contributed by atoms with Gasteiger partial charge in [-0.2, -0.15) is 0 Å². The number of carboxylic acid groups (broad SMARTS) is 1. The fourth-order valence-electron chi connectivity index (χ4n) is 4.11. The van der Waals surface area contributed by atoms with E-state index in [-0.39, 0.29) is 18.7 Å². The van der Waals surface area contributed by atoms with Gasteiger partial charge in [-0.1, -0.05) is 19.3 Å². The van der Waals surface area contributed by atoms with E-state index in [1.54, 1.807) is 0 Å². The second-order valence-electron chi connectivity index (χ2n) is 7.87. The molecule has 1 amide bonds. The highest BCUT2D eigenvalue weighted by molar-refractivity contribution is 5.93. The Hall–Kier alpha value is -2.37. The number of carbonyl (C=O) groups excluding carboxylic acids is 1. The molecule has 0 spiro atoms. The first-order chi connectivity index (χ1) is 12.5. The van der Waals surface area contributed by atoms with Crippen molar-refractivity contribution < 1.29 is 19.1 Å². The summed E-state index contributed by atoms with van der Waals surface area (Å²) < 4.78 is 5.74. The van der Waals surface area contributed by atoms with Crippen molar-refractivity contribution in [1.82, 2.24) is 4.98 Å². The van der Waals surface area contributed by atoms with Gasteiger partial charge in [-0.15, -0.1) is 0 Å². The summed E-state index contributed by atoms with van der Waals surface area (Å²) in [7, 11) is 0. The molecule has 0 saturated heterocycles. The third kappa shape index (κ3) is 3.74. The molecular weight excluding hydrogens is 332 g/mol. The van der Waals surface area contributed by atoms with Crippen LogP contribution in [-0.2, 0) is 9.59 Å². The average molecular weight is 356 g/mol. The van der Waals surface area contributed by atoms with Gasteiger partial charge in [0.2, 0.25) is 5.91 Å². The SMILES string of the molecule is O=C(O)CC1(CC(=O)Nc2ccc3oc(C4CC4)nc3c2)CCCCC1. The molecule has 0 radical (unpaired) electrons. The predicted molar refractivity (Wildman–Crippen MR) is 97.0 cm³/mol. The lowest BCUT2D eigenvalue weighted by molar-refractivity contribution is -0.140. The summed E-state index contributed by atoms with van der Waals surface area (Å²) in [6, 6.07) is 5.47. The topological polar surface area (TPSA) is 92.4 Å². The standard InChI is InChI=1S/C20H24N2O4/c23-17(11-20(12-18(24)25)8-2-1-3-9-20)21-14-6-7-16-15(10-14)22-19(26-16)13-4-5-13/h6-7,10,13H,1-5,8-9,11-12H2,(H,21,23)(H,24,25). The van der Waals surface area contributed by atoms with E-state index in [9.17, 15) is 14.7 Å². The Labute approximate surface area is 152 Å². The summed E-state index contributed by atoms with van der Waals surface area (Å²) in [6.07, 6.45) is 7.29. The van der Waals surface area contributed by atoms with E-state index < -0.39 is 11.4 Å². The summed E-state index contributed by atoms with van der Waals surface area (Å²) in [6.45, 7) is 0. The Kier molecular flexibility index (Phi) is 4.42. The van der Waals surface area contributed by atoms with Gasteiger partial charge in [0, 0.05) is 18.0 Å². The molecule has 2 saturated carbocycles. The Balaban J connectivity index is 1.46. The van der Waals surface area contributed by atoms with Crippen LogP contribution in [0, 0.1) is 5.41 Å². The van der Waals surface area contributed by atoms with Crippen molar-refractivity contribution in [3.63, 3.8) is 0 Å². The molecular formula is C20H24N2O4. The number of carbonyl (C=O) groups is 2. The van der Waals surface area contributed by atoms with Gasteiger partial charge in [-0.25, -0.2) is 4.98 Å². The zero-order chi connectivity index (χ0) is 18.1. The molecule has 26 heavy (non-hydrogen) atoms. The lowest BCUT2D eigenvalue weighted by Gasteiger charge is -2.35. The number of hydrogen-bond acceptors (Lipinski definition) is 4. The Morgan fingerprint density at radius 1 is 1.19 bits per heavy atom. The fraction of sp³-hybridized carbons (Fsp3) is 0.550. The van der Waals surface area contributed by atoms with Crippen molar-refractivity contribution in [3.8, 4) is 0 Å². The Bertz CT molecular complexity index is 831. The number of nitrogens with zero attached hydrogens (tertiary/aromatic N) is 1. The first-order valence-electron chi connectivity index (χ1n) is 9.45. The van der Waals surface area contributed by atoms with E-state index in [1.807, 2.05) is 18.2 Å². The molecule has 1 aromatic carbocycles. The molecule has 6 nitrogen and oxygen atoms in total. The van der Waals surface area contributed by atoms with Crippen molar-refractivity contribution in [2.45, 2.75) is 63.7 Å². The van der Waals surface area contributed by atoms with Crippen LogP contribution < -0.4 is 5.32 Å². The lowest BCUT2D eigenvalue weighted by atomic mass is 9.69. The molecule has 2 aliphatic rings. The number of nitrogens with one attached hydrogen (secondary N) is 1. The molecule has 2 aliphatic carbocycles. The van der Waals surface area contributed by atoms with Crippen molar-refractivity contribution in [2.75, 3.05) is 5.32 Å². The number of aliphatic carboxylic acids is 1. The van der Waals surface area contributed by atoms with Crippen LogP contribution in [0.1, 0.15) is 69.6 Å². The summed E-state index contributed by atoms with van der Waals surface area (Å²) >= 11 is 0. The maximum atomic E-state index is 12.6. The molecule has 2 N–H and O–H groups in total. The highest BCUT2D eigenvalue weighted by Crippen LogP contribution is 2.43. The van der Waals surface area contributed by atoms with Crippen LogP contribution >= 0.6 is 0 Å². The number of aromatic nitrogens is 1. The molecule has 1 heterocycles. The predicted octanol–water partition coefficient (Wildman–Crippen LogP) is 4.46. The zero-order valence-corrected chi connectivity index (χ0v) is 14.8. The molecule has 0 bridgehead atoms. The van der Waals surface area contributed by atoms with Gasteiger partial charge in [0.05, 0.1) is 6.42 Å². The third-order valence-corrected chi connectivity index (χ3v) is 5.59. The molecule has 1 aromatic heterocycles. The maximum absolute atomic E-state index is 12.6. The normalized spacial score (nSPS) is 19.4. The Morgan fingerprint density at radius 2 is 1.96 bits per heavy atom. The van der Waals surface area contributed by atoms with Crippen LogP contribution in [0.4, 0.5) is 5.69 Å². The van der Waals surface area contributed by atoms with E-state index in [0.717, 1.165) is 61.9 Å². The Morgan fingerprint density at radius 3 is 2.65 bits per heavy atom. The molecule has 0 aliphatic heterocycles. The second-order valence-corrected chi connectivity index (χ2v) is 7.87. The van der Waals surface area contributed by atoms with Crippen molar-refractivity contribution in [2.24, 2.45) is 5.41 Å². The number of benzene rings is 1. The van der Waals surface area contributed by atoms with Gasteiger partial charge in [0.15, 0.2) is 11.5 Å². The molecule has 0 unspecified atom stereocenters. The van der Waals surface area contributed by atoms with Gasteiger partial charge < -0.3 is 14.8 Å². The molecule has 138 valence electrons. The minimum Gasteiger partial charge on any atom is -0.481 e. The van der Waals surface area contributed by atoms with Crippen molar-refractivity contribution >= 4 is 28.7 Å². The maximum Gasteiger partial charge on any atom is 0.303 e. The third-order valence-electron chi connectivity index (χ3n) is 5.59. The first kappa shape index (κ1) is 17.1. The van der Waals surface area contributed by atoms with Gasteiger partial charge in [0.1, 0.15) is 5.52 Å². The van der Waals surface area contributed by atoms with E-state index in [0.29, 0.717) is 11.6 Å². The summed E-state index contributed by atoms with van der Waals surface area (Å²) in [5.74, 6) is 0.281. The van der Waals surface area contributed by atoms with Gasteiger partial charge in [0.25, 0.3) is 0 Å². The van der Waals surface area contributed by atoms with E-state index >= 15 is 0 Å². The van der Waals surface area contributed by atoms with E-state index in [2.05, 4.69) is 10.3 Å². The number of fused-ring (bicyclic) bond motifs is 1. The van der Waals surface area contributed by atoms with Crippen LogP contribution in [0.25, 0.3) is 11.1 Å². The smallest absolute Gasteiger partial charge is 0.303 e. The molecule has 2 aromatic rings. The van der Waals surface area contributed by atoms with E-state index in [4.69, 9.17) is 4.42 Å². The number of amides is 1. The van der Waals surface area contributed by atoms with Gasteiger partial charge in [-0.05, 0) is 49.3 Å². The highest BCUT2D eigenvalue weighted by atomic mass is 16.4. The van der Waals surface area contributed by atoms with Crippen LogP contribution in [-0.4, -0.2) is 22.0 Å². The molecule has 6 heteroatoms. The molecule has 2 fully saturated rings. The monoisotopic (exact) mass is 356 g/mol.